The van der Waals surface area contributed by atoms with Crippen molar-refractivity contribution in [3.8, 4) is 17.6 Å². The van der Waals surface area contributed by atoms with E-state index in [9.17, 15) is 10.1 Å². The van der Waals surface area contributed by atoms with Crippen molar-refractivity contribution in [2.75, 3.05) is 26.9 Å². The van der Waals surface area contributed by atoms with Gasteiger partial charge < -0.3 is 24.8 Å². The molecule has 1 heterocycles. The van der Waals surface area contributed by atoms with E-state index in [0.717, 1.165) is 16.8 Å². The zero-order chi connectivity index (χ0) is 28.3. The number of methoxy groups -OCH3 is 1. The molecule has 0 unspecified atom stereocenters. The number of rotatable bonds is 9. The SMILES string of the molecule is CCOc1cc([C@@H]2C(C#N)=C(N)N(CCOC)C3=C2C(=O)CC(C)(C)C3)ccc1OCc1ccc(Cl)cc1Cl. The van der Waals surface area contributed by atoms with Crippen LogP contribution in [0.3, 0.4) is 0 Å². The number of nitriles is 1. The first-order valence-electron chi connectivity index (χ1n) is 12.9. The number of Topliss-reactive ketones (excluding diaryl/α,β-unsaturated/α-hetero) is 1. The van der Waals surface area contributed by atoms with Gasteiger partial charge in [-0.15, -0.1) is 0 Å². The highest BCUT2D eigenvalue weighted by molar-refractivity contribution is 6.35. The van der Waals surface area contributed by atoms with E-state index in [-0.39, 0.29) is 17.8 Å². The molecule has 0 spiro atoms. The summed E-state index contributed by atoms with van der Waals surface area (Å²) in [5, 5.41) is 11.3. The Balaban J connectivity index is 1.77. The second kappa shape index (κ2) is 11.9. The number of carbonyl (C=O) groups is 1. The lowest BCUT2D eigenvalue weighted by atomic mass is 9.68. The van der Waals surface area contributed by atoms with Gasteiger partial charge in [0.25, 0.3) is 0 Å². The lowest BCUT2D eigenvalue weighted by molar-refractivity contribution is -0.118. The van der Waals surface area contributed by atoms with Crippen molar-refractivity contribution in [2.24, 2.45) is 11.1 Å². The molecule has 39 heavy (non-hydrogen) atoms. The van der Waals surface area contributed by atoms with Crippen LogP contribution >= 0.6 is 23.2 Å². The minimum absolute atomic E-state index is 0.0181. The smallest absolute Gasteiger partial charge is 0.162 e. The van der Waals surface area contributed by atoms with Crippen LogP contribution < -0.4 is 15.2 Å². The fraction of sp³-hybridized carbons (Fsp3) is 0.400. The Morgan fingerprint density at radius 3 is 2.56 bits per heavy atom. The first-order valence-corrected chi connectivity index (χ1v) is 13.6. The predicted octanol–water partition coefficient (Wildman–Crippen LogP) is 6.35. The topological polar surface area (TPSA) is 97.8 Å². The molecule has 1 aliphatic heterocycles. The van der Waals surface area contributed by atoms with Gasteiger partial charge in [0.15, 0.2) is 17.3 Å². The van der Waals surface area contributed by atoms with Crippen LogP contribution in [0.2, 0.25) is 10.0 Å². The number of ether oxygens (including phenoxy) is 3. The lowest BCUT2D eigenvalue weighted by Gasteiger charge is -2.43. The van der Waals surface area contributed by atoms with Crippen molar-refractivity contribution in [2.45, 2.75) is 46.1 Å². The van der Waals surface area contributed by atoms with E-state index in [1.165, 1.54) is 0 Å². The molecule has 1 aliphatic carbocycles. The Morgan fingerprint density at radius 2 is 1.90 bits per heavy atom. The normalized spacial score (nSPS) is 18.6. The maximum absolute atomic E-state index is 13.6. The van der Waals surface area contributed by atoms with Gasteiger partial charge in [-0.3, -0.25) is 4.79 Å². The third-order valence-electron chi connectivity index (χ3n) is 7.01. The fourth-order valence-corrected chi connectivity index (χ4v) is 5.70. The molecule has 0 saturated carbocycles. The van der Waals surface area contributed by atoms with Crippen molar-refractivity contribution >= 4 is 29.0 Å². The number of ketones is 1. The zero-order valence-electron chi connectivity index (χ0n) is 22.6. The maximum Gasteiger partial charge on any atom is 0.162 e. The quantitative estimate of drug-likeness (QED) is 0.375. The summed E-state index contributed by atoms with van der Waals surface area (Å²) in [7, 11) is 1.61. The van der Waals surface area contributed by atoms with Crippen LogP contribution in [0.25, 0.3) is 0 Å². The molecular weight excluding hydrogens is 537 g/mol. The maximum atomic E-state index is 13.6. The number of hydrogen-bond donors (Lipinski definition) is 1. The molecule has 2 aromatic carbocycles. The molecular formula is C30H33Cl2N3O4. The van der Waals surface area contributed by atoms with Crippen molar-refractivity contribution in [1.29, 1.82) is 5.26 Å². The molecule has 1 atom stereocenters. The lowest BCUT2D eigenvalue weighted by Crippen LogP contribution is -2.43. The Morgan fingerprint density at radius 1 is 1.13 bits per heavy atom. The van der Waals surface area contributed by atoms with Crippen LogP contribution in [0.1, 0.15) is 50.7 Å². The van der Waals surface area contributed by atoms with Gasteiger partial charge in [0, 0.05) is 47.0 Å². The van der Waals surface area contributed by atoms with Crippen LogP contribution in [0.5, 0.6) is 11.5 Å². The van der Waals surface area contributed by atoms with Gasteiger partial charge in [0.2, 0.25) is 0 Å². The third-order valence-corrected chi connectivity index (χ3v) is 7.59. The van der Waals surface area contributed by atoms with E-state index in [1.54, 1.807) is 25.3 Å². The van der Waals surface area contributed by atoms with E-state index in [4.69, 9.17) is 43.1 Å². The molecule has 7 nitrogen and oxygen atoms in total. The third kappa shape index (κ3) is 6.04. The van der Waals surface area contributed by atoms with E-state index >= 15 is 0 Å². The average Bonchev–Trinajstić information content (AvgIpc) is 2.87. The Kier molecular flexibility index (Phi) is 8.80. The molecule has 0 aromatic heterocycles. The molecule has 0 bridgehead atoms. The first-order chi connectivity index (χ1) is 18.6. The van der Waals surface area contributed by atoms with E-state index in [0.29, 0.717) is 71.1 Å². The number of carbonyl (C=O) groups excluding carboxylic acids is 1. The van der Waals surface area contributed by atoms with Gasteiger partial charge in [0.1, 0.15) is 12.4 Å². The van der Waals surface area contributed by atoms with Crippen LogP contribution in [-0.4, -0.2) is 37.6 Å². The summed E-state index contributed by atoms with van der Waals surface area (Å²) in [6.45, 7) is 7.51. The van der Waals surface area contributed by atoms with Crippen molar-refractivity contribution in [3.05, 3.63) is 80.2 Å². The highest BCUT2D eigenvalue weighted by atomic mass is 35.5. The molecule has 4 rings (SSSR count). The highest BCUT2D eigenvalue weighted by Crippen LogP contribution is 2.49. The van der Waals surface area contributed by atoms with Gasteiger partial charge in [0.05, 0.1) is 30.8 Å². The molecule has 2 N–H and O–H groups in total. The van der Waals surface area contributed by atoms with E-state index < -0.39 is 5.92 Å². The van der Waals surface area contributed by atoms with Gasteiger partial charge in [-0.2, -0.15) is 5.26 Å². The van der Waals surface area contributed by atoms with E-state index in [2.05, 4.69) is 19.9 Å². The van der Waals surface area contributed by atoms with Crippen molar-refractivity contribution < 1.29 is 19.0 Å². The summed E-state index contributed by atoms with van der Waals surface area (Å²) in [4.78, 5) is 15.5. The fourth-order valence-electron chi connectivity index (χ4n) is 5.23. The number of hydrogen-bond acceptors (Lipinski definition) is 7. The highest BCUT2D eigenvalue weighted by Gasteiger charge is 2.44. The minimum Gasteiger partial charge on any atom is -0.490 e. The summed E-state index contributed by atoms with van der Waals surface area (Å²) >= 11 is 12.3. The molecule has 0 fully saturated rings. The summed E-state index contributed by atoms with van der Waals surface area (Å²) in [5.41, 5.74) is 9.70. The van der Waals surface area contributed by atoms with Gasteiger partial charge in [-0.05, 0) is 48.6 Å². The number of benzene rings is 2. The van der Waals surface area contributed by atoms with Gasteiger partial charge >= 0.3 is 0 Å². The summed E-state index contributed by atoms with van der Waals surface area (Å²) in [6.07, 6.45) is 1.05. The second-order valence-electron chi connectivity index (χ2n) is 10.5. The van der Waals surface area contributed by atoms with Crippen LogP contribution in [0.4, 0.5) is 0 Å². The Labute approximate surface area is 239 Å². The standard InChI is InChI=1S/C30H33Cl2N3O4/c1-5-38-26-12-18(7-9-25(26)39-17-19-6-8-20(31)13-22(19)32)27-21(16-33)29(34)35(10-11-37-4)23-14-30(2,3)15-24(36)28(23)27/h6-9,12-13,27H,5,10-11,14-15,17,34H2,1-4H3/t27-/m1/s1. The molecule has 0 radical (unpaired) electrons. The molecule has 0 saturated heterocycles. The summed E-state index contributed by atoms with van der Waals surface area (Å²) in [6, 6.07) is 13.0. The number of halogens is 2. The number of allylic oxidation sites excluding steroid dienone is 3. The van der Waals surface area contributed by atoms with Gasteiger partial charge in [-0.1, -0.05) is 49.2 Å². The summed E-state index contributed by atoms with van der Waals surface area (Å²) < 4.78 is 17.3. The zero-order valence-corrected chi connectivity index (χ0v) is 24.2. The average molecular weight is 571 g/mol. The van der Waals surface area contributed by atoms with Crippen LogP contribution in [0.15, 0.2) is 59.1 Å². The largest absolute Gasteiger partial charge is 0.490 e. The first kappa shape index (κ1) is 28.8. The predicted molar refractivity (Wildman–Crippen MR) is 152 cm³/mol. The summed E-state index contributed by atoms with van der Waals surface area (Å²) in [5.74, 6) is 0.781. The minimum atomic E-state index is -0.605. The van der Waals surface area contributed by atoms with Crippen LogP contribution in [0, 0.1) is 16.7 Å². The van der Waals surface area contributed by atoms with Gasteiger partial charge in [-0.25, -0.2) is 0 Å². The Hall–Kier alpha value is -3.18. The molecule has 2 aliphatic rings. The second-order valence-corrected chi connectivity index (χ2v) is 11.3. The van der Waals surface area contributed by atoms with E-state index in [1.807, 2.05) is 30.0 Å². The molecule has 2 aromatic rings. The molecule has 206 valence electrons. The van der Waals surface area contributed by atoms with Crippen molar-refractivity contribution in [3.63, 3.8) is 0 Å². The van der Waals surface area contributed by atoms with Crippen LogP contribution in [-0.2, 0) is 16.1 Å². The number of nitrogens with zero attached hydrogens (tertiary/aromatic N) is 2. The monoisotopic (exact) mass is 569 g/mol. The van der Waals surface area contributed by atoms with Crippen molar-refractivity contribution in [1.82, 2.24) is 4.90 Å². The molecule has 9 heteroatoms. The number of nitrogens with two attached hydrogens (primary N) is 1. The molecule has 0 amide bonds. The Bertz CT molecular complexity index is 1380.